The van der Waals surface area contributed by atoms with Crippen molar-refractivity contribution in [3.63, 3.8) is 0 Å². The van der Waals surface area contributed by atoms with Crippen LogP contribution in [0.3, 0.4) is 0 Å². The topological polar surface area (TPSA) is 80.2 Å². The molecular formula is C24H29N3O4. The number of nitrogens with zero attached hydrogens (tertiary/aromatic N) is 2. The Kier molecular flexibility index (Phi) is 8.18. The van der Waals surface area contributed by atoms with Gasteiger partial charge in [0.2, 0.25) is 5.91 Å². The van der Waals surface area contributed by atoms with E-state index in [1.807, 2.05) is 54.6 Å². The lowest BCUT2D eigenvalue weighted by molar-refractivity contribution is -0.146. The summed E-state index contributed by atoms with van der Waals surface area (Å²) in [5.41, 5.74) is 5.11. The highest BCUT2D eigenvalue weighted by Crippen LogP contribution is 2.33. The monoisotopic (exact) mass is 423 g/mol. The molecule has 0 bridgehead atoms. The van der Waals surface area contributed by atoms with Crippen LogP contribution in [-0.4, -0.2) is 36.3 Å². The number of amides is 2. The van der Waals surface area contributed by atoms with Crippen molar-refractivity contribution in [1.82, 2.24) is 10.5 Å². The van der Waals surface area contributed by atoms with Crippen LogP contribution in [0.5, 0.6) is 5.75 Å². The first-order valence-corrected chi connectivity index (χ1v) is 10.6. The fraction of sp³-hybridized carbons (Fsp3) is 0.375. The number of methoxy groups -OCH3 is 1. The number of hydrogen-bond donors (Lipinski definition) is 1. The fourth-order valence-electron chi connectivity index (χ4n) is 3.46. The van der Waals surface area contributed by atoms with E-state index in [0.717, 1.165) is 41.9 Å². The molecule has 0 saturated heterocycles. The minimum absolute atomic E-state index is 0.220. The van der Waals surface area contributed by atoms with E-state index in [1.165, 1.54) is 5.01 Å². The maximum atomic E-state index is 12.9. The van der Waals surface area contributed by atoms with Gasteiger partial charge in [-0.2, -0.15) is 5.10 Å². The minimum Gasteiger partial charge on any atom is -0.497 e. The molecule has 0 spiro atoms. The molecule has 1 aliphatic heterocycles. The lowest BCUT2D eigenvalue weighted by Crippen LogP contribution is -2.34. The molecule has 1 N–H and O–H groups in total. The van der Waals surface area contributed by atoms with Crippen LogP contribution in [-0.2, 0) is 14.4 Å². The van der Waals surface area contributed by atoms with Crippen LogP contribution in [0.25, 0.3) is 0 Å². The number of carbonyl (C=O) groups excluding carboxylic acids is 2. The molecular weight excluding hydrogens is 394 g/mol. The van der Waals surface area contributed by atoms with Crippen molar-refractivity contribution in [3.05, 3.63) is 65.7 Å². The van der Waals surface area contributed by atoms with Gasteiger partial charge in [-0.25, -0.2) is 10.5 Å². The molecule has 3 rings (SSSR count). The quantitative estimate of drug-likeness (QED) is 0.463. The van der Waals surface area contributed by atoms with Crippen molar-refractivity contribution in [2.75, 3.05) is 13.7 Å². The Morgan fingerprint density at radius 2 is 1.84 bits per heavy atom. The molecule has 31 heavy (non-hydrogen) atoms. The summed E-state index contributed by atoms with van der Waals surface area (Å²) in [6.45, 7) is 1.80. The minimum atomic E-state index is -0.319. The van der Waals surface area contributed by atoms with E-state index in [4.69, 9.17) is 9.57 Å². The van der Waals surface area contributed by atoms with Crippen molar-refractivity contribution < 1.29 is 19.2 Å². The summed E-state index contributed by atoms with van der Waals surface area (Å²) in [5, 5.41) is 6.05. The van der Waals surface area contributed by atoms with Gasteiger partial charge in [0, 0.05) is 12.8 Å². The second-order valence-electron chi connectivity index (χ2n) is 7.42. The van der Waals surface area contributed by atoms with Crippen molar-refractivity contribution in [2.45, 2.75) is 45.1 Å². The first-order chi connectivity index (χ1) is 15.1. The number of unbranched alkanes of at least 4 members (excludes halogenated alkanes) is 2. The molecule has 0 aliphatic carbocycles. The van der Waals surface area contributed by atoms with Crippen LogP contribution in [0, 0.1) is 0 Å². The molecule has 0 aromatic heterocycles. The van der Waals surface area contributed by atoms with Gasteiger partial charge >= 0.3 is 0 Å². The molecule has 2 aromatic carbocycles. The van der Waals surface area contributed by atoms with Crippen LogP contribution in [0.1, 0.15) is 56.2 Å². The summed E-state index contributed by atoms with van der Waals surface area (Å²) in [4.78, 5) is 29.9. The first-order valence-electron chi connectivity index (χ1n) is 10.6. The Balaban J connectivity index is 1.68. The molecule has 7 heteroatoms. The largest absolute Gasteiger partial charge is 0.497 e. The molecule has 2 amide bonds. The number of hydroxylamine groups is 1. The van der Waals surface area contributed by atoms with E-state index in [0.29, 0.717) is 12.8 Å². The summed E-state index contributed by atoms with van der Waals surface area (Å²) in [5.74, 6) is 0.210. The van der Waals surface area contributed by atoms with Gasteiger partial charge in [-0.1, -0.05) is 62.2 Å². The van der Waals surface area contributed by atoms with Gasteiger partial charge in [0.15, 0.2) is 6.61 Å². The van der Waals surface area contributed by atoms with Crippen LogP contribution in [0.15, 0.2) is 59.7 Å². The van der Waals surface area contributed by atoms with Crippen molar-refractivity contribution in [2.24, 2.45) is 5.10 Å². The predicted molar refractivity (Wildman–Crippen MR) is 118 cm³/mol. The number of ether oxygens (including phenoxy) is 1. The molecule has 1 unspecified atom stereocenters. The number of hydrogen-bond acceptors (Lipinski definition) is 5. The lowest BCUT2D eigenvalue weighted by Gasteiger charge is -2.22. The van der Waals surface area contributed by atoms with E-state index in [1.54, 1.807) is 7.11 Å². The van der Waals surface area contributed by atoms with Gasteiger partial charge in [-0.3, -0.25) is 14.4 Å². The normalized spacial score (nSPS) is 15.5. The summed E-state index contributed by atoms with van der Waals surface area (Å²) < 4.78 is 5.24. The molecule has 164 valence electrons. The maximum absolute atomic E-state index is 12.9. The molecule has 0 radical (unpaired) electrons. The molecule has 2 aromatic rings. The number of rotatable bonds is 10. The van der Waals surface area contributed by atoms with Gasteiger partial charge in [0.25, 0.3) is 5.91 Å². The van der Waals surface area contributed by atoms with Gasteiger partial charge < -0.3 is 4.74 Å². The summed E-state index contributed by atoms with van der Waals surface area (Å²) in [6.07, 6.45) is 3.80. The van der Waals surface area contributed by atoms with Gasteiger partial charge in [-0.05, 0) is 29.7 Å². The highest BCUT2D eigenvalue weighted by molar-refractivity contribution is 6.03. The highest BCUT2D eigenvalue weighted by Gasteiger charge is 2.33. The number of nitrogens with one attached hydrogen (secondary N) is 1. The van der Waals surface area contributed by atoms with Crippen molar-refractivity contribution in [1.29, 1.82) is 0 Å². The molecule has 1 aliphatic rings. The summed E-state index contributed by atoms with van der Waals surface area (Å²) >= 11 is 0. The second-order valence-corrected chi connectivity index (χ2v) is 7.42. The van der Waals surface area contributed by atoms with Crippen LogP contribution < -0.4 is 10.2 Å². The fourth-order valence-corrected chi connectivity index (χ4v) is 3.46. The Morgan fingerprint density at radius 1 is 1.10 bits per heavy atom. The molecule has 0 saturated carbocycles. The number of hydrazone groups is 1. The van der Waals surface area contributed by atoms with E-state index >= 15 is 0 Å². The molecule has 1 atom stereocenters. The third-order valence-electron chi connectivity index (χ3n) is 5.16. The van der Waals surface area contributed by atoms with Gasteiger partial charge in [0.1, 0.15) is 5.75 Å². The van der Waals surface area contributed by atoms with Gasteiger partial charge in [0.05, 0.1) is 18.9 Å². The average Bonchev–Trinajstić information content (AvgIpc) is 3.25. The van der Waals surface area contributed by atoms with Crippen molar-refractivity contribution in [3.8, 4) is 5.75 Å². The predicted octanol–water partition coefficient (Wildman–Crippen LogP) is 4.00. The zero-order chi connectivity index (χ0) is 22.1. The zero-order valence-electron chi connectivity index (χ0n) is 18.0. The van der Waals surface area contributed by atoms with Crippen LogP contribution in [0.2, 0.25) is 0 Å². The standard InChI is InChI=1S/C24H29N3O4/c1-3-4-6-11-23(28)26-31-17-24(29)27-22(19-12-14-20(30-2)15-13-19)16-21(25-27)18-9-7-5-8-10-18/h5,7-10,12-15,22H,3-4,6,11,16-17H2,1-2H3,(H,26,28). The Labute approximate surface area is 183 Å². The third-order valence-corrected chi connectivity index (χ3v) is 5.16. The number of carbonyl (C=O) groups is 2. The maximum Gasteiger partial charge on any atom is 0.271 e. The van der Waals surface area contributed by atoms with E-state index in [9.17, 15) is 9.59 Å². The third kappa shape index (κ3) is 6.15. The lowest BCUT2D eigenvalue weighted by atomic mass is 9.98. The summed E-state index contributed by atoms with van der Waals surface area (Å²) in [7, 11) is 1.62. The Morgan fingerprint density at radius 3 is 2.52 bits per heavy atom. The van der Waals surface area contributed by atoms with Gasteiger partial charge in [-0.15, -0.1) is 0 Å². The summed E-state index contributed by atoms with van der Waals surface area (Å²) in [6, 6.07) is 17.1. The molecule has 0 fully saturated rings. The Hall–Kier alpha value is -3.19. The highest BCUT2D eigenvalue weighted by atomic mass is 16.7. The molecule has 7 nitrogen and oxygen atoms in total. The van der Waals surface area contributed by atoms with Crippen molar-refractivity contribution >= 4 is 17.5 Å². The average molecular weight is 424 g/mol. The van der Waals surface area contributed by atoms with E-state index in [2.05, 4.69) is 17.5 Å². The van der Waals surface area contributed by atoms with E-state index < -0.39 is 0 Å². The number of benzene rings is 2. The van der Waals surface area contributed by atoms with Crippen LogP contribution >= 0.6 is 0 Å². The van der Waals surface area contributed by atoms with E-state index in [-0.39, 0.29) is 24.5 Å². The zero-order valence-corrected chi connectivity index (χ0v) is 18.0. The first kappa shape index (κ1) is 22.5. The molecule has 1 heterocycles. The smallest absolute Gasteiger partial charge is 0.271 e. The SMILES string of the molecule is CCCCCC(=O)NOCC(=O)N1N=C(c2ccccc2)CC1c1ccc(OC)cc1. The second kappa shape index (κ2) is 11.3. The Bertz CT molecular complexity index is 897. The van der Waals surface area contributed by atoms with Crippen LogP contribution in [0.4, 0.5) is 0 Å².